The molecule has 142 valence electrons. The van der Waals surface area contributed by atoms with Crippen LogP contribution in [0.4, 0.5) is 11.4 Å². The molecule has 1 saturated heterocycles. The van der Waals surface area contributed by atoms with Crippen LogP contribution in [0.15, 0.2) is 18.2 Å². The molecule has 1 fully saturated rings. The minimum Gasteiger partial charge on any atom is -0.495 e. The molecule has 10 nitrogen and oxygen atoms in total. The maximum absolute atomic E-state index is 12.2. The molecule has 0 aliphatic carbocycles. The van der Waals surface area contributed by atoms with Crippen molar-refractivity contribution >= 4 is 23.2 Å². The molecule has 1 aromatic carbocycles. The summed E-state index contributed by atoms with van der Waals surface area (Å²) in [4.78, 5) is 38.0. The van der Waals surface area contributed by atoms with Crippen molar-refractivity contribution in [1.29, 1.82) is 0 Å². The van der Waals surface area contributed by atoms with Gasteiger partial charge in [-0.3, -0.25) is 24.6 Å². The zero-order valence-corrected chi connectivity index (χ0v) is 14.8. The van der Waals surface area contributed by atoms with Crippen LogP contribution in [0.5, 0.6) is 5.75 Å². The first-order valence-corrected chi connectivity index (χ1v) is 8.07. The van der Waals surface area contributed by atoms with Crippen LogP contribution in [-0.2, 0) is 14.3 Å². The van der Waals surface area contributed by atoms with Gasteiger partial charge in [0.2, 0.25) is 11.8 Å². The molecule has 0 atom stereocenters. The molecule has 0 unspecified atom stereocenters. The topological polar surface area (TPSA) is 114 Å². The van der Waals surface area contributed by atoms with Gasteiger partial charge in [0.05, 0.1) is 44.0 Å². The Bertz CT molecular complexity index is 675. The van der Waals surface area contributed by atoms with Gasteiger partial charge in [-0.15, -0.1) is 0 Å². The van der Waals surface area contributed by atoms with Crippen molar-refractivity contribution in [3.05, 3.63) is 28.3 Å². The van der Waals surface area contributed by atoms with Crippen LogP contribution in [-0.4, -0.2) is 80.1 Å². The molecule has 0 radical (unpaired) electrons. The third-order valence-electron chi connectivity index (χ3n) is 3.85. The second-order valence-electron chi connectivity index (χ2n) is 5.86. The molecule has 2 rings (SSSR count). The fourth-order valence-corrected chi connectivity index (χ4v) is 2.54. The number of anilines is 1. The van der Waals surface area contributed by atoms with E-state index in [9.17, 15) is 19.7 Å². The summed E-state index contributed by atoms with van der Waals surface area (Å²) >= 11 is 0. The number of hydrogen-bond acceptors (Lipinski definition) is 7. The predicted molar refractivity (Wildman–Crippen MR) is 93.2 cm³/mol. The minimum atomic E-state index is -0.553. The van der Waals surface area contributed by atoms with Crippen molar-refractivity contribution in [2.45, 2.75) is 0 Å². The van der Waals surface area contributed by atoms with E-state index in [4.69, 9.17) is 9.47 Å². The first-order chi connectivity index (χ1) is 12.4. The number of methoxy groups -OCH3 is 1. The third-order valence-corrected chi connectivity index (χ3v) is 3.85. The summed E-state index contributed by atoms with van der Waals surface area (Å²) in [5, 5.41) is 13.5. The van der Waals surface area contributed by atoms with Crippen LogP contribution >= 0.6 is 0 Å². The highest BCUT2D eigenvalue weighted by Gasteiger charge is 2.20. The standard InChI is InChI=1S/C16H22N4O6/c1-18(11-16(22)19-5-7-26-8-6-19)10-15(21)17-13-9-12(20(23)24)3-4-14(13)25-2/h3-4,9H,5-8,10-11H2,1-2H3,(H,17,21). The fraction of sp³-hybridized carbons (Fsp3) is 0.500. The monoisotopic (exact) mass is 366 g/mol. The minimum absolute atomic E-state index is 0.0398. The van der Waals surface area contributed by atoms with Crippen LogP contribution in [0.2, 0.25) is 0 Å². The summed E-state index contributed by atoms with van der Waals surface area (Å²) in [7, 11) is 3.06. The van der Waals surface area contributed by atoms with Gasteiger partial charge in [0.15, 0.2) is 0 Å². The Morgan fingerprint density at radius 3 is 2.65 bits per heavy atom. The van der Waals surface area contributed by atoms with E-state index in [1.54, 1.807) is 16.8 Å². The van der Waals surface area contributed by atoms with Gasteiger partial charge in [0.25, 0.3) is 5.69 Å². The highest BCUT2D eigenvalue weighted by molar-refractivity contribution is 5.94. The molecular formula is C16H22N4O6. The Kier molecular flexibility index (Phi) is 6.87. The highest BCUT2D eigenvalue weighted by atomic mass is 16.6. The number of nitrogens with one attached hydrogen (secondary N) is 1. The number of ether oxygens (including phenoxy) is 2. The van der Waals surface area contributed by atoms with Crippen molar-refractivity contribution in [3.8, 4) is 5.75 Å². The summed E-state index contributed by atoms with van der Waals surface area (Å²) in [5.41, 5.74) is 0.0524. The molecule has 0 spiro atoms. The Morgan fingerprint density at radius 2 is 2.04 bits per heavy atom. The first-order valence-electron chi connectivity index (χ1n) is 8.07. The van der Waals surface area contributed by atoms with E-state index in [-0.39, 0.29) is 30.4 Å². The lowest BCUT2D eigenvalue weighted by Gasteiger charge is -2.28. The molecule has 1 N–H and O–H groups in total. The lowest BCUT2D eigenvalue weighted by Crippen LogP contribution is -2.46. The zero-order chi connectivity index (χ0) is 19.1. The number of nitrogens with zero attached hydrogens (tertiary/aromatic N) is 3. The summed E-state index contributed by atoms with van der Waals surface area (Å²) in [6.07, 6.45) is 0. The number of morpholine rings is 1. The van der Waals surface area contributed by atoms with Crippen molar-refractivity contribution in [2.75, 3.05) is 58.9 Å². The number of hydrogen-bond donors (Lipinski definition) is 1. The number of likely N-dealkylation sites (N-methyl/N-ethyl adjacent to an activating group) is 1. The predicted octanol–water partition coefficient (Wildman–Crippen LogP) is 0.333. The second kappa shape index (κ2) is 9.11. The summed E-state index contributed by atoms with van der Waals surface area (Å²) in [6.45, 7) is 2.18. The van der Waals surface area contributed by atoms with E-state index in [1.807, 2.05) is 0 Å². The first kappa shape index (κ1) is 19.6. The van der Waals surface area contributed by atoms with E-state index in [0.29, 0.717) is 32.1 Å². The van der Waals surface area contributed by atoms with E-state index in [1.165, 1.54) is 25.3 Å². The molecule has 1 aliphatic heterocycles. The Balaban J connectivity index is 1.92. The number of nitro benzene ring substituents is 1. The largest absolute Gasteiger partial charge is 0.495 e. The number of amides is 2. The highest BCUT2D eigenvalue weighted by Crippen LogP contribution is 2.28. The maximum atomic E-state index is 12.2. The zero-order valence-electron chi connectivity index (χ0n) is 14.8. The van der Waals surface area contributed by atoms with Crippen LogP contribution in [0, 0.1) is 10.1 Å². The lowest BCUT2D eigenvalue weighted by molar-refractivity contribution is -0.384. The molecule has 1 heterocycles. The average Bonchev–Trinajstić information content (AvgIpc) is 2.62. The molecule has 2 amide bonds. The van der Waals surface area contributed by atoms with Gasteiger partial charge in [0, 0.05) is 25.2 Å². The molecule has 0 aromatic heterocycles. The Hall–Kier alpha value is -2.72. The molecule has 10 heteroatoms. The maximum Gasteiger partial charge on any atom is 0.271 e. The van der Waals surface area contributed by atoms with Gasteiger partial charge >= 0.3 is 0 Å². The summed E-state index contributed by atoms with van der Waals surface area (Å²) in [5.74, 6) is -0.159. The lowest BCUT2D eigenvalue weighted by atomic mass is 10.2. The number of benzene rings is 1. The number of carbonyl (C=O) groups is 2. The van der Waals surface area contributed by atoms with Crippen molar-refractivity contribution in [3.63, 3.8) is 0 Å². The van der Waals surface area contributed by atoms with E-state index in [0.717, 1.165) is 0 Å². The van der Waals surface area contributed by atoms with Gasteiger partial charge < -0.3 is 19.7 Å². The SMILES string of the molecule is COc1ccc([N+](=O)[O-])cc1NC(=O)CN(C)CC(=O)N1CCOCC1. The molecule has 1 aromatic rings. The number of nitro groups is 1. The van der Waals surface area contributed by atoms with Crippen LogP contribution in [0.25, 0.3) is 0 Å². The van der Waals surface area contributed by atoms with Gasteiger partial charge in [-0.1, -0.05) is 0 Å². The number of non-ortho nitro benzene ring substituents is 1. The summed E-state index contributed by atoms with van der Waals surface area (Å²) in [6, 6.07) is 3.94. The van der Waals surface area contributed by atoms with Gasteiger partial charge in [0.1, 0.15) is 5.75 Å². The molecule has 0 saturated carbocycles. The van der Waals surface area contributed by atoms with Crippen molar-refractivity contribution in [1.82, 2.24) is 9.80 Å². The smallest absolute Gasteiger partial charge is 0.271 e. The number of carbonyl (C=O) groups excluding carboxylic acids is 2. The molecule has 26 heavy (non-hydrogen) atoms. The van der Waals surface area contributed by atoms with E-state index < -0.39 is 10.8 Å². The van der Waals surface area contributed by atoms with Crippen LogP contribution in [0.1, 0.15) is 0 Å². The van der Waals surface area contributed by atoms with E-state index in [2.05, 4.69) is 5.32 Å². The van der Waals surface area contributed by atoms with Crippen molar-refractivity contribution in [2.24, 2.45) is 0 Å². The fourth-order valence-electron chi connectivity index (χ4n) is 2.54. The Morgan fingerprint density at radius 1 is 1.35 bits per heavy atom. The average molecular weight is 366 g/mol. The molecule has 0 bridgehead atoms. The second-order valence-corrected chi connectivity index (χ2v) is 5.86. The molecule has 1 aliphatic rings. The normalized spacial score (nSPS) is 14.2. The third kappa shape index (κ3) is 5.39. The Labute approximate surface area is 150 Å². The summed E-state index contributed by atoms with van der Waals surface area (Å²) < 4.78 is 10.3. The quantitative estimate of drug-likeness (QED) is 0.546. The van der Waals surface area contributed by atoms with Crippen molar-refractivity contribution < 1.29 is 24.0 Å². The molecular weight excluding hydrogens is 344 g/mol. The van der Waals surface area contributed by atoms with Gasteiger partial charge in [-0.05, 0) is 13.1 Å². The van der Waals surface area contributed by atoms with Gasteiger partial charge in [-0.25, -0.2) is 0 Å². The van der Waals surface area contributed by atoms with E-state index >= 15 is 0 Å². The number of rotatable bonds is 7. The van der Waals surface area contributed by atoms with Crippen LogP contribution in [0.3, 0.4) is 0 Å². The van der Waals surface area contributed by atoms with Gasteiger partial charge in [-0.2, -0.15) is 0 Å². The van der Waals surface area contributed by atoms with Crippen LogP contribution < -0.4 is 10.1 Å².